The van der Waals surface area contributed by atoms with Gasteiger partial charge in [-0.05, 0) is 35.0 Å². The van der Waals surface area contributed by atoms with Gasteiger partial charge in [-0.2, -0.15) is 0 Å². The molecule has 2 N–H and O–H groups in total. The SMILES string of the molecule is CCOC(=O)CSc1cc(Br)c(F)cc1N. The summed E-state index contributed by atoms with van der Waals surface area (Å²) in [5, 5.41) is 0. The lowest BCUT2D eigenvalue weighted by Crippen LogP contribution is -2.06. The molecule has 0 saturated carbocycles. The second kappa shape index (κ2) is 6.10. The van der Waals surface area contributed by atoms with Crippen molar-refractivity contribution in [2.45, 2.75) is 11.8 Å². The van der Waals surface area contributed by atoms with E-state index in [4.69, 9.17) is 10.5 Å². The molecule has 3 nitrogen and oxygen atoms in total. The fourth-order valence-electron chi connectivity index (χ4n) is 1.01. The number of ether oxygens (including phenoxy) is 1. The van der Waals surface area contributed by atoms with Crippen molar-refractivity contribution >= 4 is 39.3 Å². The quantitative estimate of drug-likeness (QED) is 0.528. The van der Waals surface area contributed by atoms with Gasteiger partial charge in [-0.25, -0.2) is 4.39 Å². The van der Waals surface area contributed by atoms with Crippen LogP contribution in [0.5, 0.6) is 0 Å². The average Bonchev–Trinajstić information content (AvgIpc) is 2.22. The number of benzene rings is 1. The van der Waals surface area contributed by atoms with Crippen molar-refractivity contribution in [3.8, 4) is 0 Å². The largest absolute Gasteiger partial charge is 0.465 e. The molecule has 1 aromatic carbocycles. The second-order valence-electron chi connectivity index (χ2n) is 2.90. The van der Waals surface area contributed by atoms with E-state index in [1.54, 1.807) is 13.0 Å². The average molecular weight is 308 g/mol. The maximum atomic E-state index is 13.1. The fraction of sp³-hybridized carbons (Fsp3) is 0.300. The van der Waals surface area contributed by atoms with Gasteiger partial charge in [0.2, 0.25) is 0 Å². The lowest BCUT2D eigenvalue weighted by molar-refractivity contribution is -0.139. The molecule has 0 aliphatic rings. The molecular formula is C10H11BrFNO2S. The van der Waals surface area contributed by atoms with Crippen LogP contribution >= 0.6 is 27.7 Å². The Morgan fingerprint density at radius 2 is 2.31 bits per heavy atom. The number of hydrogen-bond acceptors (Lipinski definition) is 4. The molecule has 0 amide bonds. The summed E-state index contributed by atoms with van der Waals surface area (Å²) in [7, 11) is 0. The number of carbonyl (C=O) groups excluding carboxylic acids is 1. The second-order valence-corrected chi connectivity index (χ2v) is 4.77. The fourth-order valence-corrected chi connectivity index (χ4v) is 2.29. The van der Waals surface area contributed by atoms with E-state index in [1.807, 2.05) is 0 Å². The van der Waals surface area contributed by atoms with Crippen LogP contribution in [0.1, 0.15) is 6.92 Å². The molecule has 1 rings (SSSR count). The molecule has 0 saturated heterocycles. The van der Waals surface area contributed by atoms with Gasteiger partial charge in [-0.3, -0.25) is 4.79 Å². The van der Waals surface area contributed by atoms with E-state index in [9.17, 15) is 9.18 Å². The Morgan fingerprint density at radius 1 is 1.62 bits per heavy atom. The van der Waals surface area contributed by atoms with Gasteiger partial charge in [-0.15, -0.1) is 11.8 Å². The van der Waals surface area contributed by atoms with Crippen molar-refractivity contribution in [3.63, 3.8) is 0 Å². The van der Waals surface area contributed by atoms with Gasteiger partial charge in [0, 0.05) is 10.6 Å². The minimum absolute atomic E-state index is 0.163. The summed E-state index contributed by atoms with van der Waals surface area (Å²) >= 11 is 4.28. The molecule has 0 atom stereocenters. The van der Waals surface area contributed by atoms with E-state index in [2.05, 4.69) is 15.9 Å². The molecule has 6 heteroatoms. The third-order valence-electron chi connectivity index (χ3n) is 1.70. The van der Waals surface area contributed by atoms with Gasteiger partial charge in [0.15, 0.2) is 0 Å². The van der Waals surface area contributed by atoms with E-state index in [1.165, 1.54) is 17.8 Å². The predicted octanol–water partition coefficient (Wildman–Crippen LogP) is 2.83. The Balaban J connectivity index is 2.67. The number of halogens is 2. The molecule has 88 valence electrons. The number of carbonyl (C=O) groups is 1. The molecule has 0 fully saturated rings. The van der Waals surface area contributed by atoms with E-state index >= 15 is 0 Å². The van der Waals surface area contributed by atoms with E-state index < -0.39 is 5.82 Å². The molecular weight excluding hydrogens is 297 g/mol. The highest BCUT2D eigenvalue weighted by Gasteiger charge is 2.09. The summed E-state index contributed by atoms with van der Waals surface area (Å²) in [5.41, 5.74) is 5.93. The minimum atomic E-state index is -0.419. The van der Waals surface area contributed by atoms with Gasteiger partial charge >= 0.3 is 5.97 Å². The van der Waals surface area contributed by atoms with E-state index in [0.717, 1.165) is 0 Å². The van der Waals surface area contributed by atoms with Crippen molar-refractivity contribution in [1.29, 1.82) is 0 Å². The summed E-state index contributed by atoms with van der Waals surface area (Å²) in [6.45, 7) is 2.09. The molecule has 0 aromatic heterocycles. The van der Waals surface area contributed by atoms with Crippen LogP contribution in [0.4, 0.5) is 10.1 Å². The standard InChI is InChI=1S/C10H11BrFNO2S/c1-2-15-10(14)5-16-9-3-6(11)7(12)4-8(9)13/h3-4H,2,5,13H2,1H3. The van der Waals surface area contributed by atoms with Crippen LogP contribution in [0.15, 0.2) is 21.5 Å². The van der Waals surface area contributed by atoms with Gasteiger partial charge in [0.25, 0.3) is 0 Å². The highest BCUT2D eigenvalue weighted by Crippen LogP contribution is 2.30. The summed E-state index contributed by atoms with van der Waals surface area (Å²) in [6, 6.07) is 2.77. The number of esters is 1. The zero-order valence-corrected chi connectivity index (χ0v) is 11.0. The smallest absolute Gasteiger partial charge is 0.316 e. The van der Waals surface area contributed by atoms with Crippen LogP contribution in [0.3, 0.4) is 0 Å². The van der Waals surface area contributed by atoms with Crippen molar-refractivity contribution in [2.24, 2.45) is 0 Å². The molecule has 16 heavy (non-hydrogen) atoms. The van der Waals surface area contributed by atoms with Crippen molar-refractivity contribution < 1.29 is 13.9 Å². The first-order valence-corrected chi connectivity index (χ1v) is 6.35. The minimum Gasteiger partial charge on any atom is -0.465 e. The summed E-state index contributed by atoms with van der Waals surface area (Å²) in [4.78, 5) is 11.8. The number of nitrogens with two attached hydrogens (primary N) is 1. The van der Waals surface area contributed by atoms with Crippen molar-refractivity contribution in [1.82, 2.24) is 0 Å². The molecule has 0 radical (unpaired) electrons. The molecule has 1 aromatic rings. The number of nitrogen functional groups attached to an aromatic ring is 1. The molecule has 0 aliphatic carbocycles. The number of thioether (sulfide) groups is 1. The van der Waals surface area contributed by atoms with Gasteiger partial charge in [-0.1, -0.05) is 0 Å². The van der Waals surface area contributed by atoms with Gasteiger partial charge < -0.3 is 10.5 Å². The van der Waals surface area contributed by atoms with Crippen LogP contribution < -0.4 is 5.73 Å². The molecule has 0 heterocycles. The zero-order chi connectivity index (χ0) is 12.1. The monoisotopic (exact) mass is 307 g/mol. The Morgan fingerprint density at radius 3 is 2.94 bits per heavy atom. The van der Waals surface area contributed by atoms with E-state index in [-0.39, 0.29) is 11.7 Å². The lowest BCUT2D eigenvalue weighted by atomic mass is 10.3. The number of rotatable bonds is 4. The molecule has 0 aliphatic heterocycles. The molecule has 0 bridgehead atoms. The van der Waals surface area contributed by atoms with Crippen LogP contribution in [-0.4, -0.2) is 18.3 Å². The first kappa shape index (κ1) is 13.3. The topological polar surface area (TPSA) is 52.3 Å². The summed E-state index contributed by atoms with van der Waals surface area (Å²) in [5.74, 6) is -0.568. The Hall–Kier alpha value is -0.750. The van der Waals surface area contributed by atoms with Crippen LogP contribution in [-0.2, 0) is 9.53 Å². The Labute approximate surface area is 106 Å². The Bertz CT molecular complexity index is 401. The molecule has 0 unspecified atom stereocenters. The third kappa shape index (κ3) is 3.68. The van der Waals surface area contributed by atoms with E-state index in [0.29, 0.717) is 21.7 Å². The van der Waals surface area contributed by atoms with Gasteiger partial charge in [0.1, 0.15) is 5.82 Å². The van der Waals surface area contributed by atoms with Crippen LogP contribution in [0, 0.1) is 5.82 Å². The number of hydrogen-bond donors (Lipinski definition) is 1. The van der Waals surface area contributed by atoms with Crippen molar-refractivity contribution in [3.05, 3.63) is 22.4 Å². The first-order valence-electron chi connectivity index (χ1n) is 4.57. The maximum absolute atomic E-state index is 13.1. The highest BCUT2D eigenvalue weighted by atomic mass is 79.9. The highest BCUT2D eigenvalue weighted by molar-refractivity contribution is 9.10. The van der Waals surface area contributed by atoms with Crippen LogP contribution in [0.25, 0.3) is 0 Å². The predicted molar refractivity (Wildman–Crippen MR) is 65.9 cm³/mol. The number of anilines is 1. The summed E-state index contributed by atoms with van der Waals surface area (Å²) in [6.07, 6.45) is 0. The summed E-state index contributed by atoms with van der Waals surface area (Å²) < 4.78 is 18.1. The van der Waals surface area contributed by atoms with Crippen LogP contribution in [0.2, 0.25) is 0 Å². The zero-order valence-electron chi connectivity index (χ0n) is 8.63. The van der Waals surface area contributed by atoms with Gasteiger partial charge in [0.05, 0.1) is 16.8 Å². The normalized spacial score (nSPS) is 10.2. The van der Waals surface area contributed by atoms with Crippen molar-refractivity contribution in [2.75, 3.05) is 18.1 Å². The Kier molecular flexibility index (Phi) is 5.08. The lowest BCUT2D eigenvalue weighted by Gasteiger charge is -2.06. The first-order chi connectivity index (χ1) is 7.54. The third-order valence-corrected chi connectivity index (χ3v) is 3.36. The maximum Gasteiger partial charge on any atom is 0.316 e. The molecule has 0 spiro atoms.